The molecular weight excluding hydrogens is 302 g/mol. The Hall–Kier alpha value is -2.79. The van der Waals surface area contributed by atoms with Crippen molar-refractivity contribution < 1.29 is 9.21 Å². The summed E-state index contributed by atoms with van der Waals surface area (Å²) in [5, 5.41) is 6.00. The zero-order valence-electron chi connectivity index (χ0n) is 13.4. The van der Waals surface area contributed by atoms with Crippen LogP contribution in [0.25, 0.3) is 0 Å². The molecular formula is C19H21N3O2. The molecule has 0 aliphatic rings. The van der Waals surface area contributed by atoms with E-state index >= 15 is 0 Å². The zero-order chi connectivity index (χ0) is 16.6. The maximum absolute atomic E-state index is 11.8. The Morgan fingerprint density at radius 2 is 1.88 bits per heavy atom. The molecule has 5 heteroatoms. The minimum atomic E-state index is -0.0486. The van der Waals surface area contributed by atoms with Gasteiger partial charge < -0.3 is 19.6 Å². The van der Waals surface area contributed by atoms with Gasteiger partial charge in [-0.2, -0.15) is 0 Å². The molecule has 1 aromatic carbocycles. The first-order chi connectivity index (χ1) is 11.8. The van der Waals surface area contributed by atoms with Crippen molar-refractivity contribution in [2.75, 3.05) is 6.54 Å². The van der Waals surface area contributed by atoms with Crippen LogP contribution in [0.1, 0.15) is 17.0 Å². The van der Waals surface area contributed by atoms with Crippen LogP contribution in [0.5, 0.6) is 0 Å². The van der Waals surface area contributed by atoms with Crippen LogP contribution in [0.3, 0.4) is 0 Å². The number of benzene rings is 1. The number of amides is 1. The summed E-state index contributed by atoms with van der Waals surface area (Å²) in [6.07, 6.45) is 3.65. The first-order valence-corrected chi connectivity index (χ1v) is 7.99. The first kappa shape index (κ1) is 16.1. The van der Waals surface area contributed by atoms with E-state index < -0.39 is 0 Å². The minimum Gasteiger partial charge on any atom is -0.467 e. The van der Waals surface area contributed by atoms with Crippen LogP contribution in [0.4, 0.5) is 0 Å². The smallest absolute Gasteiger partial charge is 0.234 e. The molecule has 0 unspecified atom stereocenters. The molecule has 0 atom stereocenters. The van der Waals surface area contributed by atoms with Crippen LogP contribution in [0, 0.1) is 0 Å². The van der Waals surface area contributed by atoms with E-state index in [1.54, 1.807) is 12.3 Å². The van der Waals surface area contributed by atoms with Gasteiger partial charge in [0, 0.05) is 25.0 Å². The fraction of sp³-hybridized carbons (Fsp3) is 0.211. The Balaban J connectivity index is 1.43. The average Bonchev–Trinajstić information content (AvgIpc) is 3.26. The van der Waals surface area contributed by atoms with Crippen LogP contribution < -0.4 is 10.6 Å². The number of nitrogens with one attached hydrogen (secondary N) is 2. The molecule has 0 saturated carbocycles. The number of nitrogens with zero attached hydrogens (tertiary/aromatic N) is 1. The molecule has 24 heavy (non-hydrogen) atoms. The van der Waals surface area contributed by atoms with E-state index in [1.807, 2.05) is 30.3 Å². The van der Waals surface area contributed by atoms with Gasteiger partial charge in [0.15, 0.2) is 0 Å². The van der Waals surface area contributed by atoms with Gasteiger partial charge in [0.25, 0.3) is 0 Å². The molecule has 3 aromatic rings. The van der Waals surface area contributed by atoms with Gasteiger partial charge in [-0.05, 0) is 29.8 Å². The summed E-state index contributed by atoms with van der Waals surface area (Å²) >= 11 is 0. The van der Waals surface area contributed by atoms with Crippen LogP contribution in [0.15, 0.2) is 71.5 Å². The molecule has 0 aliphatic heterocycles. The van der Waals surface area contributed by atoms with Crippen molar-refractivity contribution in [1.29, 1.82) is 0 Å². The fourth-order valence-corrected chi connectivity index (χ4v) is 2.51. The summed E-state index contributed by atoms with van der Waals surface area (Å²) in [5.41, 5.74) is 2.41. The van der Waals surface area contributed by atoms with Gasteiger partial charge in [-0.1, -0.05) is 30.3 Å². The van der Waals surface area contributed by atoms with E-state index in [0.29, 0.717) is 13.1 Å². The van der Waals surface area contributed by atoms with Crippen molar-refractivity contribution in [1.82, 2.24) is 15.2 Å². The first-order valence-electron chi connectivity index (χ1n) is 7.99. The number of aromatic nitrogens is 1. The van der Waals surface area contributed by atoms with E-state index in [-0.39, 0.29) is 12.5 Å². The van der Waals surface area contributed by atoms with Crippen LogP contribution >= 0.6 is 0 Å². The lowest BCUT2D eigenvalue weighted by Gasteiger charge is -2.10. The molecule has 0 radical (unpaired) electrons. The fourth-order valence-electron chi connectivity index (χ4n) is 2.51. The lowest BCUT2D eigenvalue weighted by molar-refractivity contribution is -0.120. The predicted molar refractivity (Wildman–Crippen MR) is 92.2 cm³/mol. The largest absolute Gasteiger partial charge is 0.467 e. The molecule has 0 bridgehead atoms. The summed E-state index contributed by atoms with van der Waals surface area (Å²) < 4.78 is 7.36. The van der Waals surface area contributed by atoms with Crippen LogP contribution in [-0.2, 0) is 24.4 Å². The second-order valence-corrected chi connectivity index (χ2v) is 5.57. The van der Waals surface area contributed by atoms with E-state index in [2.05, 4.69) is 39.6 Å². The molecule has 5 nitrogen and oxygen atoms in total. The molecule has 2 N–H and O–H groups in total. The normalized spacial score (nSPS) is 10.7. The summed E-state index contributed by atoms with van der Waals surface area (Å²) in [7, 11) is 0. The van der Waals surface area contributed by atoms with Crippen LogP contribution in [-0.4, -0.2) is 17.0 Å². The number of hydrogen-bond donors (Lipinski definition) is 2. The monoisotopic (exact) mass is 323 g/mol. The summed E-state index contributed by atoms with van der Waals surface area (Å²) in [5.74, 6) is 0.702. The summed E-state index contributed by atoms with van der Waals surface area (Å²) in [6, 6.07) is 18.1. The second-order valence-electron chi connectivity index (χ2n) is 5.57. The SMILES string of the molecule is O=C(CNCc1cccn1Cc1ccccc1)NCc1ccco1. The van der Waals surface area contributed by atoms with Gasteiger partial charge >= 0.3 is 0 Å². The van der Waals surface area contributed by atoms with Gasteiger partial charge in [-0.25, -0.2) is 0 Å². The molecule has 3 rings (SSSR count). The summed E-state index contributed by atoms with van der Waals surface area (Å²) in [4.78, 5) is 11.8. The molecule has 0 fully saturated rings. The zero-order valence-corrected chi connectivity index (χ0v) is 13.4. The Morgan fingerprint density at radius 1 is 1.00 bits per heavy atom. The molecule has 1 amide bonds. The summed E-state index contributed by atoms with van der Waals surface area (Å²) in [6.45, 7) is 2.17. The Kier molecular flexibility index (Phi) is 5.48. The number of furan rings is 1. The van der Waals surface area contributed by atoms with E-state index in [9.17, 15) is 4.79 Å². The highest BCUT2D eigenvalue weighted by atomic mass is 16.3. The van der Waals surface area contributed by atoms with Gasteiger partial charge in [0.05, 0.1) is 19.4 Å². The maximum Gasteiger partial charge on any atom is 0.234 e. The topological polar surface area (TPSA) is 59.2 Å². The van der Waals surface area contributed by atoms with Gasteiger partial charge in [-0.3, -0.25) is 4.79 Å². The maximum atomic E-state index is 11.8. The third-order valence-corrected chi connectivity index (χ3v) is 3.75. The van der Waals surface area contributed by atoms with Crippen molar-refractivity contribution in [2.45, 2.75) is 19.6 Å². The van der Waals surface area contributed by atoms with E-state index in [4.69, 9.17) is 4.42 Å². The predicted octanol–water partition coefficient (Wildman–Crippen LogP) is 2.54. The highest BCUT2D eigenvalue weighted by Gasteiger charge is 2.05. The second kappa shape index (κ2) is 8.17. The molecule has 0 saturated heterocycles. The molecule has 2 aromatic heterocycles. The Labute approximate surface area is 141 Å². The van der Waals surface area contributed by atoms with Gasteiger partial charge in [0.2, 0.25) is 5.91 Å². The average molecular weight is 323 g/mol. The van der Waals surface area contributed by atoms with Crippen molar-refractivity contribution >= 4 is 5.91 Å². The third kappa shape index (κ3) is 4.60. The standard InChI is InChI=1S/C19H21N3O2/c23-19(21-13-18-9-5-11-24-18)14-20-12-17-8-4-10-22(17)15-16-6-2-1-3-7-16/h1-11,20H,12-15H2,(H,21,23). The quantitative estimate of drug-likeness (QED) is 0.670. The molecule has 2 heterocycles. The minimum absolute atomic E-state index is 0.0486. The highest BCUT2D eigenvalue weighted by Crippen LogP contribution is 2.07. The Morgan fingerprint density at radius 3 is 2.67 bits per heavy atom. The van der Waals surface area contributed by atoms with Crippen molar-refractivity contribution in [3.05, 3.63) is 84.1 Å². The highest BCUT2D eigenvalue weighted by molar-refractivity contribution is 5.77. The third-order valence-electron chi connectivity index (χ3n) is 3.75. The Bertz CT molecular complexity index is 748. The van der Waals surface area contributed by atoms with Crippen molar-refractivity contribution in [3.8, 4) is 0 Å². The van der Waals surface area contributed by atoms with Crippen molar-refractivity contribution in [2.24, 2.45) is 0 Å². The molecule has 0 spiro atoms. The lowest BCUT2D eigenvalue weighted by Crippen LogP contribution is -2.33. The molecule has 124 valence electrons. The van der Waals surface area contributed by atoms with E-state index in [1.165, 1.54) is 5.56 Å². The molecule has 0 aliphatic carbocycles. The van der Waals surface area contributed by atoms with Gasteiger partial charge in [0.1, 0.15) is 5.76 Å². The number of rotatable bonds is 8. The number of carbonyl (C=O) groups excluding carboxylic acids is 1. The lowest BCUT2D eigenvalue weighted by atomic mass is 10.2. The number of hydrogen-bond acceptors (Lipinski definition) is 3. The van der Waals surface area contributed by atoms with Gasteiger partial charge in [-0.15, -0.1) is 0 Å². The van der Waals surface area contributed by atoms with Crippen molar-refractivity contribution in [3.63, 3.8) is 0 Å². The van der Waals surface area contributed by atoms with E-state index in [0.717, 1.165) is 18.0 Å². The number of carbonyl (C=O) groups is 1. The van der Waals surface area contributed by atoms with Crippen LogP contribution in [0.2, 0.25) is 0 Å².